The van der Waals surface area contributed by atoms with Gasteiger partial charge in [0.25, 0.3) is 5.91 Å². The molecule has 5 nitrogen and oxygen atoms in total. The van der Waals surface area contributed by atoms with Crippen molar-refractivity contribution in [3.8, 4) is 5.75 Å². The summed E-state index contributed by atoms with van der Waals surface area (Å²) in [6.07, 6.45) is 6.33. The lowest BCUT2D eigenvalue weighted by molar-refractivity contribution is -0.127. The molecule has 5 heteroatoms. The number of hydrogen-bond donors (Lipinski definition) is 1. The minimum atomic E-state index is -0.445. The third-order valence-electron chi connectivity index (χ3n) is 5.29. The fraction of sp³-hybridized carbons (Fsp3) is 0.619. The first-order valence-electron chi connectivity index (χ1n) is 9.89. The first-order valence-corrected chi connectivity index (χ1v) is 9.89. The van der Waals surface area contributed by atoms with Crippen LogP contribution < -0.4 is 10.1 Å². The standard InChI is InChI=1S/C21H30N2O3/c1-15(2)14-18(20(24)22-16-8-4-3-5-9-16)23-12-13-26-19-11-7-6-10-17(19)21(23)25/h6-7,10-11,15-16,18H,3-5,8-9,12-14H2,1-2H3,(H,22,24). The number of carbonyl (C=O) groups is 2. The molecule has 26 heavy (non-hydrogen) atoms. The highest BCUT2D eigenvalue weighted by molar-refractivity contribution is 6.00. The third-order valence-corrected chi connectivity index (χ3v) is 5.29. The van der Waals surface area contributed by atoms with Crippen molar-refractivity contribution in [1.82, 2.24) is 10.2 Å². The lowest BCUT2D eigenvalue weighted by atomic mass is 9.94. The summed E-state index contributed by atoms with van der Waals surface area (Å²) in [5.41, 5.74) is 0.546. The summed E-state index contributed by atoms with van der Waals surface area (Å²) < 4.78 is 5.74. The predicted octanol–water partition coefficient (Wildman–Crippen LogP) is 3.38. The minimum absolute atomic E-state index is 0.0154. The molecule has 2 aliphatic rings. The van der Waals surface area contributed by atoms with Gasteiger partial charge in [-0.3, -0.25) is 9.59 Å². The van der Waals surface area contributed by atoms with Gasteiger partial charge in [-0.15, -0.1) is 0 Å². The number of benzene rings is 1. The Bertz CT molecular complexity index is 638. The van der Waals surface area contributed by atoms with Gasteiger partial charge in [0.2, 0.25) is 5.91 Å². The number of amides is 2. The molecule has 2 amide bonds. The van der Waals surface area contributed by atoms with Gasteiger partial charge in [0.05, 0.1) is 12.1 Å². The lowest BCUT2D eigenvalue weighted by Crippen LogP contribution is -2.53. The summed E-state index contributed by atoms with van der Waals surface area (Å²) in [7, 11) is 0. The van der Waals surface area contributed by atoms with Crippen LogP contribution >= 0.6 is 0 Å². The van der Waals surface area contributed by atoms with E-state index < -0.39 is 6.04 Å². The summed E-state index contributed by atoms with van der Waals surface area (Å²) in [5, 5.41) is 3.21. The molecule has 1 aliphatic heterocycles. The molecule has 1 unspecified atom stereocenters. The zero-order valence-electron chi connectivity index (χ0n) is 15.9. The summed E-state index contributed by atoms with van der Waals surface area (Å²) in [4.78, 5) is 27.9. The van der Waals surface area contributed by atoms with Crippen molar-refractivity contribution in [3.63, 3.8) is 0 Å². The zero-order valence-corrected chi connectivity index (χ0v) is 15.9. The topological polar surface area (TPSA) is 58.6 Å². The Hall–Kier alpha value is -2.04. The molecule has 0 radical (unpaired) electrons. The molecule has 1 aromatic rings. The van der Waals surface area contributed by atoms with Crippen LogP contribution in [-0.4, -0.2) is 41.9 Å². The number of para-hydroxylation sites is 1. The molecule has 1 saturated carbocycles. The van der Waals surface area contributed by atoms with Crippen molar-refractivity contribution < 1.29 is 14.3 Å². The van der Waals surface area contributed by atoms with Crippen molar-refractivity contribution in [2.24, 2.45) is 5.92 Å². The number of nitrogens with zero attached hydrogens (tertiary/aromatic N) is 1. The van der Waals surface area contributed by atoms with Gasteiger partial charge in [-0.25, -0.2) is 0 Å². The average Bonchev–Trinajstić information content (AvgIpc) is 2.80. The van der Waals surface area contributed by atoms with Gasteiger partial charge in [-0.05, 0) is 37.3 Å². The Morgan fingerprint density at radius 2 is 1.96 bits per heavy atom. The first kappa shape index (κ1) is 18.7. The van der Waals surface area contributed by atoms with E-state index in [-0.39, 0.29) is 17.9 Å². The Labute approximate surface area is 156 Å². The van der Waals surface area contributed by atoms with E-state index in [0.29, 0.717) is 36.8 Å². The van der Waals surface area contributed by atoms with E-state index in [4.69, 9.17) is 4.74 Å². The molecule has 0 saturated heterocycles. The van der Waals surface area contributed by atoms with Gasteiger partial charge in [0, 0.05) is 6.04 Å². The monoisotopic (exact) mass is 358 g/mol. The Morgan fingerprint density at radius 1 is 1.23 bits per heavy atom. The molecule has 1 N–H and O–H groups in total. The highest BCUT2D eigenvalue weighted by Crippen LogP contribution is 2.26. The number of ether oxygens (including phenoxy) is 1. The van der Waals surface area contributed by atoms with E-state index in [1.165, 1.54) is 19.3 Å². The fourth-order valence-corrected chi connectivity index (χ4v) is 3.94. The SMILES string of the molecule is CC(C)CC(C(=O)NC1CCCCC1)N1CCOc2ccccc2C1=O. The molecule has 0 spiro atoms. The minimum Gasteiger partial charge on any atom is -0.491 e. The number of hydrogen-bond acceptors (Lipinski definition) is 3. The maximum atomic E-state index is 13.1. The molecule has 0 aromatic heterocycles. The largest absolute Gasteiger partial charge is 0.491 e. The fourth-order valence-electron chi connectivity index (χ4n) is 3.94. The molecule has 3 rings (SSSR count). The van der Waals surface area contributed by atoms with Gasteiger partial charge < -0.3 is 15.0 Å². The van der Waals surface area contributed by atoms with Crippen LogP contribution in [0, 0.1) is 5.92 Å². The molecule has 1 atom stereocenters. The molecule has 1 heterocycles. The molecule has 1 aromatic carbocycles. The third kappa shape index (κ3) is 4.37. The van der Waals surface area contributed by atoms with Crippen LogP contribution in [0.1, 0.15) is 62.7 Å². The highest BCUT2D eigenvalue weighted by Gasteiger charge is 2.34. The van der Waals surface area contributed by atoms with Crippen molar-refractivity contribution in [2.45, 2.75) is 64.5 Å². The lowest BCUT2D eigenvalue weighted by Gasteiger charge is -2.33. The second-order valence-electron chi connectivity index (χ2n) is 7.83. The smallest absolute Gasteiger partial charge is 0.258 e. The van der Waals surface area contributed by atoms with E-state index in [0.717, 1.165) is 12.8 Å². The van der Waals surface area contributed by atoms with Crippen LogP contribution in [0.3, 0.4) is 0 Å². The number of fused-ring (bicyclic) bond motifs is 1. The van der Waals surface area contributed by atoms with Crippen molar-refractivity contribution in [2.75, 3.05) is 13.2 Å². The molecular weight excluding hydrogens is 328 g/mol. The van der Waals surface area contributed by atoms with Gasteiger partial charge in [-0.2, -0.15) is 0 Å². The Balaban J connectivity index is 1.79. The average molecular weight is 358 g/mol. The number of carbonyl (C=O) groups excluding carboxylic acids is 2. The second-order valence-corrected chi connectivity index (χ2v) is 7.83. The van der Waals surface area contributed by atoms with Crippen LogP contribution in [-0.2, 0) is 4.79 Å². The van der Waals surface area contributed by atoms with Crippen LogP contribution in [0.25, 0.3) is 0 Å². The molecule has 1 fully saturated rings. The second kappa shape index (κ2) is 8.56. The predicted molar refractivity (Wildman–Crippen MR) is 101 cm³/mol. The molecular formula is C21H30N2O3. The van der Waals surface area contributed by atoms with E-state index in [9.17, 15) is 9.59 Å². The maximum Gasteiger partial charge on any atom is 0.258 e. The summed E-state index contributed by atoms with van der Waals surface area (Å²) >= 11 is 0. The summed E-state index contributed by atoms with van der Waals surface area (Å²) in [6, 6.07) is 7.10. The van der Waals surface area contributed by atoms with Crippen LogP contribution in [0.2, 0.25) is 0 Å². The van der Waals surface area contributed by atoms with Crippen molar-refractivity contribution in [3.05, 3.63) is 29.8 Å². The van der Waals surface area contributed by atoms with Crippen LogP contribution in [0.5, 0.6) is 5.75 Å². The van der Waals surface area contributed by atoms with Gasteiger partial charge in [-0.1, -0.05) is 45.2 Å². The maximum absolute atomic E-state index is 13.1. The highest BCUT2D eigenvalue weighted by atomic mass is 16.5. The summed E-state index contributed by atoms with van der Waals surface area (Å²) in [5.74, 6) is 0.807. The first-order chi connectivity index (χ1) is 12.6. The van der Waals surface area contributed by atoms with Gasteiger partial charge in [0.1, 0.15) is 18.4 Å². The quantitative estimate of drug-likeness (QED) is 0.878. The van der Waals surface area contributed by atoms with Crippen LogP contribution in [0.4, 0.5) is 0 Å². The number of nitrogens with one attached hydrogen (secondary N) is 1. The Kier molecular flexibility index (Phi) is 6.17. The number of rotatable bonds is 5. The normalized spacial score (nSPS) is 19.5. The van der Waals surface area contributed by atoms with E-state index >= 15 is 0 Å². The molecule has 0 bridgehead atoms. The zero-order chi connectivity index (χ0) is 18.5. The molecule has 1 aliphatic carbocycles. The summed E-state index contributed by atoms with van der Waals surface area (Å²) in [6.45, 7) is 5.03. The van der Waals surface area contributed by atoms with Gasteiger partial charge >= 0.3 is 0 Å². The Morgan fingerprint density at radius 3 is 2.69 bits per heavy atom. The molecule has 142 valence electrons. The van der Waals surface area contributed by atoms with Crippen molar-refractivity contribution in [1.29, 1.82) is 0 Å². The van der Waals surface area contributed by atoms with Gasteiger partial charge in [0.15, 0.2) is 0 Å². The van der Waals surface area contributed by atoms with Crippen LogP contribution in [0.15, 0.2) is 24.3 Å². The van der Waals surface area contributed by atoms with E-state index in [2.05, 4.69) is 19.2 Å². The van der Waals surface area contributed by atoms with E-state index in [1.54, 1.807) is 11.0 Å². The van der Waals surface area contributed by atoms with E-state index in [1.807, 2.05) is 18.2 Å². The van der Waals surface area contributed by atoms with Crippen molar-refractivity contribution >= 4 is 11.8 Å².